The Kier molecular flexibility index (Phi) is 4.16. The lowest BCUT2D eigenvalue weighted by Crippen LogP contribution is -2.52. The molecule has 0 saturated carbocycles. The first kappa shape index (κ1) is 15.3. The van der Waals surface area contributed by atoms with Gasteiger partial charge in [-0.25, -0.2) is 5.06 Å². The highest BCUT2D eigenvalue weighted by atomic mass is 16.7. The topological polar surface area (TPSA) is 63.0 Å². The van der Waals surface area contributed by atoms with Crippen molar-refractivity contribution in [3.8, 4) is 0 Å². The Bertz CT molecular complexity index is 711. The number of amides is 2. The molecule has 6 heteroatoms. The molecule has 2 heterocycles. The van der Waals surface area contributed by atoms with Gasteiger partial charge in [-0.1, -0.05) is 24.3 Å². The van der Waals surface area contributed by atoms with Gasteiger partial charge < -0.3 is 9.32 Å². The van der Waals surface area contributed by atoms with Crippen LogP contribution in [0.4, 0.5) is 0 Å². The summed E-state index contributed by atoms with van der Waals surface area (Å²) in [7, 11) is 2.96. The second-order valence-corrected chi connectivity index (χ2v) is 5.42. The van der Waals surface area contributed by atoms with Crippen molar-refractivity contribution in [1.29, 1.82) is 0 Å². The van der Waals surface area contributed by atoms with Gasteiger partial charge in [-0.15, -0.1) is 0 Å². The molecule has 0 fully saturated rings. The number of hydroxylamine groups is 2. The van der Waals surface area contributed by atoms with Gasteiger partial charge in [0.05, 0.1) is 13.4 Å². The Morgan fingerprint density at radius 1 is 1.22 bits per heavy atom. The summed E-state index contributed by atoms with van der Waals surface area (Å²) in [6.45, 7) is 0.365. The van der Waals surface area contributed by atoms with Crippen molar-refractivity contribution in [2.75, 3.05) is 14.2 Å². The fourth-order valence-electron chi connectivity index (χ4n) is 2.80. The molecule has 1 atom stereocenters. The van der Waals surface area contributed by atoms with Crippen molar-refractivity contribution in [2.45, 2.75) is 19.0 Å². The first-order valence-corrected chi connectivity index (χ1v) is 7.34. The van der Waals surface area contributed by atoms with Crippen LogP contribution in [0.15, 0.2) is 47.1 Å². The van der Waals surface area contributed by atoms with Crippen molar-refractivity contribution in [1.82, 2.24) is 9.96 Å². The summed E-state index contributed by atoms with van der Waals surface area (Å²) in [5.74, 6) is -0.337. The lowest BCUT2D eigenvalue weighted by Gasteiger charge is -2.36. The molecule has 0 spiro atoms. The van der Waals surface area contributed by atoms with E-state index in [1.54, 1.807) is 24.1 Å². The molecule has 2 aromatic rings. The zero-order valence-corrected chi connectivity index (χ0v) is 13.1. The zero-order valence-electron chi connectivity index (χ0n) is 13.1. The van der Waals surface area contributed by atoms with E-state index in [9.17, 15) is 9.59 Å². The lowest BCUT2D eigenvalue weighted by atomic mass is 9.93. The minimum absolute atomic E-state index is 0.224. The third-order valence-corrected chi connectivity index (χ3v) is 4.11. The van der Waals surface area contributed by atoms with Crippen molar-refractivity contribution < 1.29 is 18.8 Å². The number of hydrogen-bond donors (Lipinski definition) is 0. The number of benzene rings is 1. The van der Waals surface area contributed by atoms with Gasteiger partial charge in [0.2, 0.25) is 0 Å². The SMILES string of the molecule is CON(C)C(=O)C1Cc2ccccc2CN1C(=O)c1ccco1. The maximum Gasteiger partial charge on any atom is 0.290 e. The van der Waals surface area contributed by atoms with E-state index in [0.717, 1.165) is 16.2 Å². The van der Waals surface area contributed by atoms with Crippen molar-refractivity contribution in [3.63, 3.8) is 0 Å². The molecule has 120 valence electrons. The Morgan fingerprint density at radius 3 is 2.61 bits per heavy atom. The number of carbonyl (C=O) groups is 2. The van der Waals surface area contributed by atoms with Gasteiger partial charge in [0.1, 0.15) is 6.04 Å². The minimum Gasteiger partial charge on any atom is -0.459 e. The van der Waals surface area contributed by atoms with Gasteiger partial charge in [-0.2, -0.15) is 0 Å². The van der Waals surface area contributed by atoms with Crippen LogP contribution in [-0.2, 0) is 22.6 Å². The molecule has 1 aliphatic heterocycles. The molecular formula is C17H18N2O4. The summed E-state index contributed by atoms with van der Waals surface area (Å²) in [6, 6.07) is 10.5. The highest BCUT2D eigenvalue weighted by Gasteiger charge is 2.37. The van der Waals surface area contributed by atoms with Crippen LogP contribution in [-0.4, -0.2) is 42.0 Å². The molecule has 2 amide bonds. The third kappa shape index (κ3) is 2.85. The van der Waals surface area contributed by atoms with E-state index in [-0.39, 0.29) is 17.6 Å². The van der Waals surface area contributed by atoms with Gasteiger partial charge in [0.25, 0.3) is 11.8 Å². The standard InChI is InChI=1S/C17H18N2O4/c1-18(22-2)16(20)14-10-12-6-3-4-7-13(12)11-19(14)17(21)15-8-5-9-23-15/h3-9,14H,10-11H2,1-2H3. The highest BCUT2D eigenvalue weighted by molar-refractivity contribution is 5.95. The molecule has 23 heavy (non-hydrogen) atoms. The van der Waals surface area contributed by atoms with Crippen molar-refractivity contribution >= 4 is 11.8 Å². The highest BCUT2D eigenvalue weighted by Crippen LogP contribution is 2.26. The monoisotopic (exact) mass is 314 g/mol. The first-order valence-electron chi connectivity index (χ1n) is 7.34. The Labute approximate surface area is 134 Å². The molecule has 0 radical (unpaired) electrons. The van der Waals surface area contributed by atoms with E-state index in [1.807, 2.05) is 24.3 Å². The summed E-state index contributed by atoms with van der Waals surface area (Å²) >= 11 is 0. The molecule has 0 saturated heterocycles. The summed E-state index contributed by atoms with van der Waals surface area (Å²) in [6.07, 6.45) is 1.90. The molecule has 0 aliphatic carbocycles. The summed E-state index contributed by atoms with van der Waals surface area (Å²) in [4.78, 5) is 31.9. The maximum absolute atomic E-state index is 12.7. The van der Waals surface area contributed by atoms with E-state index in [0.29, 0.717) is 13.0 Å². The minimum atomic E-state index is -0.618. The molecule has 3 rings (SSSR count). The molecular weight excluding hydrogens is 296 g/mol. The van der Waals surface area contributed by atoms with Crippen LogP contribution < -0.4 is 0 Å². The quantitative estimate of drug-likeness (QED) is 0.811. The van der Waals surface area contributed by atoms with Crippen LogP contribution in [0.3, 0.4) is 0 Å². The van der Waals surface area contributed by atoms with Crippen LogP contribution in [0.2, 0.25) is 0 Å². The number of furan rings is 1. The van der Waals surface area contributed by atoms with Crippen molar-refractivity contribution in [2.24, 2.45) is 0 Å². The smallest absolute Gasteiger partial charge is 0.290 e. The fourth-order valence-corrected chi connectivity index (χ4v) is 2.80. The predicted molar refractivity (Wildman–Crippen MR) is 82.3 cm³/mol. The van der Waals surface area contributed by atoms with E-state index in [2.05, 4.69) is 0 Å². The van der Waals surface area contributed by atoms with Crippen LogP contribution in [0, 0.1) is 0 Å². The average Bonchev–Trinajstić information content (AvgIpc) is 3.13. The molecule has 1 aromatic heterocycles. The third-order valence-electron chi connectivity index (χ3n) is 4.11. The van der Waals surface area contributed by atoms with Gasteiger partial charge in [0, 0.05) is 20.0 Å². The second kappa shape index (κ2) is 6.26. The molecule has 1 unspecified atom stereocenters. The normalized spacial score (nSPS) is 16.8. The van der Waals surface area contributed by atoms with E-state index >= 15 is 0 Å². The largest absolute Gasteiger partial charge is 0.459 e. The Balaban J connectivity index is 1.96. The molecule has 6 nitrogen and oxygen atoms in total. The van der Waals surface area contributed by atoms with Crippen LogP contribution in [0.1, 0.15) is 21.7 Å². The number of likely N-dealkylation sites (N-methyl/N-ethyl adjacent to an activating group) is 1. The zero-order chi connectivity index (χ0) is 16.4. The van der Waals surface area contributed by atoms with Crippen LogP contribution >= 0.6 is 0 Å². The number of nitrogens with zero attached hydrogens (tertiary/aromatic N) is 2. The van der Waals surface area contributed by atoms with E-state index in [1.165, 1.54) is 13.4 Å². The number of hydrogen-bond acceptors (Lipinski definition) is 4. The van der Waals surface area contributed by atoms with Crippen LogP contribution in [0.5, 0.6) is 0 Å². The van der Waals surface area contributed by atoms with E-state index < -0.39 is 6.04 Å². The summed E-state index contributed by atoms with van der Waals surface area (Å²) in [5, 5.41) is 1.15. The van der Waals surface area contributed by atoms with Gasteiger partial charge in [0.15, 0.2) is 5.76 Å². The maximum atomic E-state index is 12.7. The molecule has 0 bridgehead atoms. The number of fused-ring (bicyclic) bond motifs is 1. The number of rotatable bonds is 3. The summed E-state index contributed by atoms with van der Waals surface area (Å²) in [5.41, 5.74) is 2.11. The van der Waals surface area contributed by atoms with Crippen LogP contribution in [0.25, 0.3) is 0 Å². The molecule has 1 aromatic carbocycles. The summed E-state index contributed by atoms with van der Waals surface area (Å²) < 4.78 is 5.20. The molecule has 0 N–H and O–H groups in total. The fraction of sp³-hybridized carbons (Fsp3) is 0.294. The van der Waals surface area contributed by atoms with Gasteiger partial charge >= 0.3 is 0 Å². The predicted octanol–water partition coefficient (Wildman–Crippen LogP) is 1.87. The van der Waals surface area contributed by atoms with Gasteiger partial charge in [-0.3, -0.25) is 14.4 Å². The lowest BCUT2D eigenvalue weighted by molar-refractivity contribution is -0.174. The van der Waals surface area contributed by atoms with Crippen molar-refractivity contribution in [3.05, 3.63) is 59.5 Å². The second-order valence-electron chi connectivity index (χ2n) is 5.42. The molecule has 1 aliphatic rings. The number of carbonyl (C=O) groups excluding carboxylic acids is 2. The first-order chi connectivity index (χ1) is 11.1. The Morgan fingerprint density at radius 2 is 1.96 bits per heavy atom. The van der Waals surface area contributed by atoms with E-state index in [4.69, 9.17) is 9.25 Å². The van der Waals surface area contributed by atoms with Gasteiger partial charge in [-0.05, 0) is 23.3 Å². The average molecular weight is 314 g/mol. The Hall–Kier alpha value is -2.60.